The summed E-state index contributed by atoms with van der Waals surface area (Å²) in [7, 11) is 0. The first-order valence-electron chi connectivity index (χ1n) is 2.47. The van der Waals surface area contributed by atoms with Crippen LogP contribution in [0.25, 0.3) is 0 Å². The van der Waals surface area contributed by atoms with Gasteiger partial charge >= 0.3 is 5.97 Å². The zero-order chi connectivity index (χ0) is 6.27. The predicted octanol–water partition coefficient (Wildman–Crippen LogP) is 0.414. The summed E-state index contributed by atoms with van der Waals surface area (Å²) in [5.74, 6) is 0.0556. The van der Waals surface area contributed by atoms with Gasteiger partial charge in [0.05, 0.1) is 6.07 Å². The average Bonchev–Trinajstić information content (AvgIpc) is 2.09. The Bertz CT molecular complexity index is 270. The molecule has 43 valence electrons. The second-order valence-electron chi connectivity index (χ2n) is 1.67. The van der Waals surface area contributed by atoms with Crippen LogP contribution in [0.5, 0.6) is 5.75 Å². The number of pyridine rings is 1. The molecule has 2 rings (SSSR count). The molecule has 0 atom stereocenters. The predicted molar refractivity (Wildman–Crippen MR) is 28.0 cm³/mol. The number of rotatable bonds is 0. The highest BCUT2D eigenvalue weighted by Gasteiger charge is 2.18. The number of carbonyl (C=O) groups is 1. The molecule has 1 aromatic heterocycles. The highest BCUT2D eigenvalue weighted by atomic mass is 16.5. The van der Waals surface area contributed by atoms with Crippen molar-refractivity contribution in [2.45, 2.75) is 0 Å². The smallest absolute Gasteiger partial charge is 0.363 e. The standard InChI is InChI=1S/C6H2NO2/c8-6-5-3-4(9-6)1-2-7-5/h1-2H. The molecule has 3 nitrogen and oxygen atoms in total. The molecule has 0 aromatic carbocycles. The SMILES string of the molecule is O=C1Oc2[c]c1ncc2. The van der Waals surface area contributed by atoms with Gasteiger partial charge in [0.25, 0.3) is 0 Å². The van der Waals surface area contributed by atoms with Crippen molar-refractivity contribution in [2.75, 3.05) is 0 Å². The maximum absolute atomic E-state index is 10.6. The number of hydrogen-bond donors (Lipinski definition) is 0. The molecule has 2 heterocycles. The van der Waals surface area contributed by atoms with E-state index >= 15 is 0 Å². The Hall–Kier alpha value is -1.38. The van der Waals surface area contributed by atoms with Gasteiger partial charge in [0.15, 0.2) is 5.69 Å². The first-order chi connectivity index (χ1) is 4.36. The van der Waals surface area contributed by atoms with Crippen molar-refractivity contribution in [3.05, 3.63) is 24.0 Å². The van der Waals surface area contributed by atoms with E-state index in [9.17, 15) is 4.79 Å². The van der Waals surface area contributed by atoms with Crippen LogP contribution in [-0.4, -0.2) is 11.0 Å². The third kappa shape index (κ3) is 0.512. The van der Waals surface area contributed by atoms with E-state index in [-0.39, 0.29) is 5.69 Å². The average molecular weight is 120 g/mol. The Morgan fingerprint density at radius 3 is 3.22 bits per heavy atom. The minimum absolute atomic E-state index is 0.271. The van der Waals surface area contributed by atoms with Crippen LogP contribution in [0, 0.1) is 6.07 Å². The monoisotopic (exact) mass is 120 g/mol. The van der Waals surface area contributed by atoms with Gasteiger partial charge in [0, 0.05) is 6.20 Å². The zero-order valence-corrected chi connectivity index (χ0v) is 4.42. The first kappa shape index (κ1) is 4.49. The Morgan fingerprint density at radius 1 is 1.67 bits per heavy atom. The molecule has 0 spiro atoms. The number of nitrogens with zero attached hydrogens (tertiary/aromatic N) is 1. The van der Waals surface area contributed by atoms with Gasteiger partial charge in [0.1, 0.15) is 5.75 Å². The second-order valence-corrected chi connectivity index (χ2v) is 1.67. The molecule has 2 bridgehead atoms. The van der Waals surface area contributed by atoms with Crippen molar-refractivity contribution in [3.63, 3.8) is 0 Å². The summed E-state index contributed by atoms with van der Waals surface area (Å²) in [6.07, 6.45) is 1.52. The Labute approximate surface area is 51.3 Å². The molecule has 0 fully saturated rings. The van der Waals surface area contributed by atoms with E-state index in [0.717, 1.165) is 0 Å². The molecule has 0 unspecified atom stereocenters. The van der Waals surface area contributed by atoms with Gasteiger partial charge in [-0.05, 0) is 6.07 Å². The van der Waals surface area contributed by atoms with Gasteiger partial charge in [-0.15, -0.1) is 0 Å². The number of fused-ring (bicyclic) bond motifs is 2. The van der Waals surface area contributed by atoms with Gasteiger partial charge in [0.2, 0.25) is 0 Å². The van der Waals surface area contributed by atoms with Crippen molar-refractivity contribution < 1.29 is 9.53 Å². The van der Waals surface area contributed by atoms with Gasteiger partial charge in [-0.1, -0.05) is 0 Å². The molecular weight excluding hydrogens is 118 g/mol. The number of hydrogen-bond acceptors (Lipinski definition) is 3. The summed E-state index contributed by atoms with van der Waals surface area (Å²) in [4.78, 5) is 14.3. The van der Waals surface area contributed by atoms with Crippen LogP contribution >= 0.6 is 0 Å². The van der Waals surface area contributed by atoms with Crippen LogP contribution in [0.3, 0.4) is 0 Å². The molecule has 0 aliphatic carbocycles. The number of carbonyl (C=O) groups excluding carboxylic acids is 1. The van der Waals surface area contributed by atoms with Crippen LogP contribution in [0.2, 0.25) is 0 Å². The van der Waals surface area contributed by atoms with E-state index in [2.05, 4.69) is 15.8 Å². The topological polar surface area (TPSA) is 39.2 Å². The van der Waals surface area contributed by atoms with Gasteiger partial charge in [-0.25, -0.2) is 9.78 Å². The summed E-state index contributed by atoms with van der Waals surface area (Å²) < 4.78 is 4.63. The van der Waals surface area contributed by atoms with Crippen LogP contribution < -0.4 is 4.74 Å². The molecule has 0 saturated heterocycles. The number of esters is 1. The fourth-order valence-corrected chi connectivity index (χ4v) is 0.682. The van der Waals surface area contributed by atoms with Crippen LogP contribution in [-0.2, 0) is 0 Å². The Balaban J connectivity index is 2.69. The molecule has 0 amide bonds. The van der Waals surface area contributed by atoms with E-state index in [0.29, 0.717) is 5.75 Å². The molecule has 1 aliphatic heterocycles. The zero-order valence-electron chi connectivity index (χ0n) is 4.42. The van der Waals surface area contributed by atoms with Gasteiger partial charge in [-0.2, -0.15) is 0 Å². The van der Waals surface area contributed by atoms with E-state index < -0.39 is 5.97 Å². The van der Waals surface area contributed by atoms with Gasteiger partial charge in [-0.3, -0.25) is 0 Å². The number of aromatic nitrogens is 1. The van der Waals surface area contributed by atoms with Crippen molar-refractivity contribution >= 4 is 5.97 Å². The fraction of sp³-hybridized carbons (Fsp3) is 0. The Kier molecular flexibility index (Phi) is 0.656. The van der Waals surface area contributed by atoms with Gasteiger partial charge < -0.3 is 4.74 Å². The van der Waals surface area contributed by atoms with E-state index in [4.69, 9.17) is 0 Å². The highest BCUT2D eigenvalue weighted by molar-refractivity contribution is 5.92. The molecule has 1 aliphatic rings. The summed E-state index contributed by atoms with van der Waals surface area (Å²) >= 11 is 0. The van der Waals surface area contributed by atoms with E-state index in [1.165, 1.54) is 6.20 Å². The summed E-state index contributed by atoms with van der Waals surface area (Å²) in [5.41, 5.74) is 0.271. The molecule has 9 heavy (non-hydrogen) atoms. The maximum atomic E-state index is 10.6. The molecular formula is C6H2NO2. The summed E-state index contributed by atoms with van der Waals surface area (Å²) in [6, 6.07) is 4.24. The molecule has 0 saturated carbocycles. The largest absolute Gasteiger partial charge is 0.421 e. The third-order valence-electron chi connectivity index (χ3n) is 1.07. The maximum Gasteiger partial charge on any atom is 0.363 e. The summed E-state index contributed by atoms with van der Waals surface area (Å²) in [5, 5.41) is 0. The highest BCUT2D eigenvalue weighted by Crippen LogP contribution is 2.17. The lowest BCUT2D eigenvalue weighted by molar-refractivity contribution is 0.0751. The fourth-order valence-electron chi connectivity index (χ4n) is 0.682. The van der Waals surface area contributed by atoms with Crippen LogP contribution in [0.15, 0.2) is 12.3 Å². The second kappa shape index (κ2) is 1.31. The summed E-state index contributed by atoms with van der Waals surface area (Å²) in [6.45, 7) is 0. The molecule has 1 aromatic rings. The molecule has 1 radical (unpaired) electrons. The molecule has 3 heteroatoms. The van der Waals surface area contributed by atoms with Crippen molar-refractivity contribution in [2.24, 2.45) is 0 Å². The minimum atomic E-state index is -0.407. The Morgan fingerprint density at radius 2 is 2.56 bits per heavy atom. The van der Waals surface area contributed by atoms with Crippen molar-refractivity contribution in [3.8, 4) is 5.75 Å². The van der Waals surface area contributed by atoms with Crippen LogP contribution in [0.4, 0.5) is 0 Å². The van der Waals surface area contributed by atoms with E-state index in [1.54, 1.807) is 6.07 Å². The lowest BCUT2D eigenvalue weighted by atomic mass is 10.4. The van der Waals surface area contributed by atoms with E-state index in [1.807, 2.05) is 0 Å². The number of ether oxygens (including phenoxy) is 1. The van der Waals surface area contributed by atoms with Crippen molar-refractivity contribution in [1.82, 2.24) is 4.98 Å². The van der Waals surface area contributed by atoms with Crippen LogP contribution in [0.1, 0.15) is 10.5 Å². The molecule has 0 N–H and O–H groups in total. The lowest BCUT2D eigenvalue weighted by Crippen LogP contribution is -2.00. The normalized spacial score (nSPS) is 13.6. The quantitative estimate of drug-likeness (QED) is 0.465. The third-order valence-corrected chi connectivity index (χ3v) is 1.07. The lowest BCUT2D eigenvalue weighted by Gasteiger charge is -1.84. The first-order valence-corrected chi connectivity index (χ1v) is 2.47. The van der Waals surface area contributed by atoms with Crippen molar-refractivity contribution in [1.29, 1.82) is 0 Å². The minimum Gasteiger partial charge on any atom is -0.421 e.